The summed E-state index contributed by atoms with van der Waals surface area (Å²) in [5, 5.41) is 2.86. The third-order valence-electron chi connectivity index (χ3n) is 5.88. The Kier molecular flexibility index (Phi) is 8.72. The zero-order valence-electron chi connectivity index (χ0n) is 21.6. The van der Waals surface area contributed by atoms with Gasteiger partial charge in [0.2, 0.25) is 5.91 Å². The van der Waals surface area contributed by atoms with Crippen molar-refractivity contribution in [2.24, 2.45) is 0 Å². The van der Waals surface area contributed by atoms with E-state index in [1.165, 1.54) is 0 Å². The van der Waals surface area contributed by atoms with Gasteiger partial charge in [0.25, 0.3) is 0 Å². The van der Waals surface area contributed by atoms with Gasteiger partial charge in [-0.15, -0.1) is 0 Å². The number of anilines is 2. The predicted octanol–water partition coefficient (Wildman–Crippen LogP) is 6.40. The first kappa shape index (κ1) is 26.4. The number of nitrogens with two attached hydrogens (primary N) is 1. The second kappa shape index (κ2) is 12.5. The number of nitrogens with one attached hydrogen (secondary N) is 1. The SMILES string of the molecule is CCOc1ccc(C(=O)CCC(=O)Nc2cc(-c3ccccc3N)cc(-c3ccccc3)n2)cc1OCC. The summed E-state index contributed by atoms with van der Waals surface area (Å²) in [6.07, 6.45) is 0.0539. The van der Waals surface area contributed by atoms with Gasteiger partial charge in [0.15, 0.2) is 17.3 Å². The van der Waals surface area contributed by atoms with Crippen molar-refractivity contribution in [1.82, 2.24) is 4.98 Å². The molecule has 3 N–H and O–H groups in total. The first-order valence-corrected chi connectivity index (χ1v) is 12.6. The van der Waals surface area contributed by atoms with E-state index in [0.717, 1.165) is 16.7 Å². The van der Waals surface area contributed by atoms with Gasteiger partial charge in [-0.2, -0.15) is 0 Å². The van der Waals surface area contributed by atoms with Crippen LogP contribution in [0.25, 0.3) is 22.4 Å². The lowest BCUT2D eigenvalue weighted by molar-refractivity contribution is -0.116. The zero-order chi connectivity index (χ0) is 26.9. The molecule has 1 heterocycles. The number of ether oxygens (including phenoxy) is 2. The molecule has 0 aliphatic heterocycles. The molecule has 7 heteroatoms. The van der Waals surface area contributed by atoms with E-state index in [0.29, 0.717) is 47.5 Å². The summed E-state index contributed by atoms with van der Waals surface area (Å²) in [6, 6.07) is 26.1. The van der Waals surface area contributed by atoms with Crippen LogP contribution in [0.15, 0.2) is 84.9 Å². The van der Waals surface area contributed by atoms with Crippen LogP contribution in [-0.4, -0.2) is 29.9 Å². The van der Waals surface area contributed by atoms with E-state index >= 15 is 0 Å². The number of rotatable bonds is 11. The molecule has 0 saturated carbocycles. The maximum Gasteiger partial charge on any atom is 0.225 e. The summed E-state index contributed by atoms with van der Waals surface area (Å²) in [4.78, 5) is 30.3. The number of nitrogen functional groups attached to an aromatic ring is 1. The molecular formula is C31H31N3O4. The summed E-state index contributed by atoms with van der Waals surface area (Å²) in [5.74, 6) is 1.02. The van der Waals surface area contributed by atoms with Crippen molar-refractivity contribution in [1.29, 1.82) is 0 Å². The predicted molar refractivity (Wildman–Crippen MR) is 150 cm³/mol. The van der Waals surface area contributed by atoms with Crippen molar-refractivity contribution < 1.29 is 19.1 Å². The third-order valence-corrected chi connectivity index (χ3v) is 5.88. The number of carbonyl (C=O) groups is 2. The average molecular weight is 510 g/mol. The van der Waals surface area contributed by atoms with Gasteiger partial charge in [0.1, 0.15) is 5.82 Å². The lowest BCUT2D eigenvalue weighted by atomic mass is 10.0. The number of ketones is 1. The quantitative estimate of drug-likeness (QED) is 0.179. The number of amides is 1. The second-order valence-corrected chi connectivity index (χ2v) is 8.58. The van der Waals surface area contributed by atoms with Crippen LogP contribution in [0.3, 0.4) is 0 Å². The van der Waals surface area contributed by atoms with E-state index in [1.54, 1.807) is 24.3 Å². The molecule has 0 fully saturated rings. The molecule has 0 atom stereocenters. The highest BCUT2D eigenvalue weighted by atomic mass is 16.5. The number of aromatic nitrogens is 1. The van der Waals surface area contributed by atoms with E-state index in [4.69, 9.17) is 15.2 Å². The Labute approximate surface area is 222 Å². The van der Waals surface area contributed by atoms with Gasteiger partial charge in [-0.25, -0.2) is 4.98 Å². The normalized spacial score (nSPS) is 10.6. The molecule has 0 radical (unpaired) electrons. The van der Waals surface area contributed by atoms with Crippen LogP contribution >= 0.6 is 0 Å². The van der Waals surface area contributed by atoms with Gasteiger partial charge in [0, 0.05) is 35.2 Å². The molecule has 1 aromatic heterocycles. The number of nitrogens with zero attached hydrogens (tertiary/aromatic N) is 1. The monoisotopic (exact) mass is 509 g/mol. The number of para-hydroxylation sites is 1. The maximum absolute atomic E-state index is 12.8. The van der Waals surface area contributed by atoms with Crippen LogP contribution in [0.1, 0.15) is 37.0 Å². The van der Waals surface area contributed by atoms with Crippen LogP contribution in [0.4, 0.5) is 11.5 Å². The summed E-state index contributed by atoms with van der Waals surface area (Å²) in [5.41, 5.74) is 10.6. The largest absolute Gasteiger partial charge is 0.490 e. The lowest BCUT2D eigenvalue weighted by Crippen LogP contribution is -2.15. The topological polar surface area (TPSA) is 104 Å². The van der Waals surface area contributed by atoms with Crippen LogP contribution in [0.5, 0.6) is 11.5 Å². The van der Waals surface area contributed by atoms with Gasteiger partial charge >= 0.3 is 0 Å². The first-order valence-electron chi connectivity index (χ1n) is 12.6. The van der Waals surface area contributed by atoms with Gasteiger partial charge in [-0.05, 0) is 55.8 Å². The number of carbonyl (C=O) groups excluding carboxylic acids is 2. The number of hydrogen-bond donors (Lipinski definition) is 2. The highest BCUT2D eigenvalue weighted by Crippen LogP contribution is 2.32. The third kappa shape index (κ3) is 6.56. The molecule has 0 spiro atoms. The average Bonchev–Trinajstić information content (AvgIpc) is 2.93. The van der Waals surface area contributed by atoms with Gasteiger partial charge in [-0.1, -0.05) is 48.5 Å². The Hall–Kier alpha value is -4.65. The summed E-state index contributed by atoms with van der Waals surface area (Å²) >= 11 is 0. The second-order valence-electron chi connectivity index (χ2n) is 8.58. The molecule has 0 aliphatic rings. The Morgan fingerprint density at radius 2 is 1.50 bits per heavy atom. The first-order chi connectivity index (χ1) is 18.5. The van der Waals surface area contributed by atoms with Crippen LogP contribution < -0.4 is 20.5 Å². The lowest BCUT2D eigenvalue weighted by Gasteiger charge is -2.13. The molecule has 0 aliphatic carbocycles. The molecule has 38 heavy (non-hydrogen) atoms. The number of pyridine rings is 1. The van der Waals surface area contributed by atoms with E-state index in [1.807, 2.05) is 74.5 Å². The summed E-state index contributed by atoms with van der Waals surface area (Å²) in [7, 11) is 0. The molecule has 4 rings (SSSR count). The van der Waals surface area contributed by atoms with Crippen LogP contribution in [0, 0.1) is 0 Å². The fourth-order valence-electron chi connectivity index (χ4n) is 4.07. The Morgan fingerprint density at radius 1 is 0.789 bits per heavy atom. The highest BCUT2D eigenvalue weighted by molar-refractivity contribution is 6.00. The molecule has 3 aromatic carbocycles. The molecule has 1 amide bonds. The van der Waals surface area contributed by atoms with Crippen LogP contribution in [0.2, 0.25) is 0 Å². The number of hydrogen-bond acceptors (Lipinski definition) is 6. The summed E-state index contributed by atoms with van der Waals surface area (Å²) < 4.78 is 11.2. The molecule has 0 saturated heterocycles. The molecule has 194 valence electrons. The van der Waals surface area contributed by atoms with E-state index in [9.17, 15) is 9.59 Å². The minimum Gasteiger partial charge on any atom is -0.490 e. The fraction of sp³-hybridized carbons (Fsp3) is 0.194. The van der Waals surface area contributed by atoms with Crippen molar-refractivity contribution in [3.05, 3.63) is 90.5 Å². The van der Waals surface area contributed by atoms with Crippen molar-refractivity contribution >= 4 is 23.2 Å². The zero-order valence-corrected chi connectivity index (χ0v) is 21.6. The fourth-order valence-corrected chi connectivity index (χ4v) is 4.07. The Morgan fingerprint density at radius 3 is 2.24 bits per heavy atom. The minimum atomic E-state index is -0.306. The van der Waals surface area contributed by atoms with Crippen molar-refractivity contribution in [2.75, 3.05) is 24.3 Å². The van der Waals surface area contributed by atoms with Crippen molar-refractivity contribution in [3.8, 4) is 33.9 Å². The Bertz CT molecular complexity index is 1420. The number of Topliss-reactive ketones (excluding diaryl/α,β-unsaturated/α-hetero) is 1. The van der Waals surface area contributed by atoms with E-state index in [-0.39, 0.29) is 24.5 Å². The van der Waals surface area contributed by atoms with Crippen LogP contribution in [-0.2, 0) is 4.79 Å². The minimum absolute atomic E-state index is 0.00999. The standard InChI is InChI=1S/C31H31N3O4/c1-3-37-28-16-14-22(19-29(28)38-4-2)27(35)15-17-31(36)34-30-20-23(24-12-8-9-13-25(24)32)18-26(33-30)21-10-6-5-7-11-21/h5-14,16,18-20H,3-4,15,17,32H2,1-2H3,(H,33,34,36). The molecule has 7 nitrogen and oxygen atoms in total. The van der Waals surface area contributed by atoms with Crippen molar-refractivity contribution in [2.45, 2.75) is 26.7 Å². The summed E-state index contributed by atoms with van der Waals surface area (Å²) in [6.45, 7) is 4.69. The maximum atomic E-state index is 12.8. The Balaban J connectivity index is 1.51. The molecule has 0 unspecified atom stereocenters. The molecule has 0 bridgehead atoms. The number of benzene rings is 3. The van der Waals surface area contributed by atoms with Crippen molar-refractivity contribution in [3.63, 3.8) is 0 Å². The molecule has 4 aromatic rings. The van der Waals surface area contributed by atoms with E-state index < -0.39 is 0 Å². The van der Waals surface area contributed by atoms with E-state index in [2.05, 4.69) is 10.3 Å². The van der Waals surface area contributed by atoms with Gasteiger partial charge in [0.05, 0.1) is 18.9 Å². The van der Waals surface area contributed by atoms with Gasteiger partial charge < -0.3 is 20.5 Å². The smallest absolute Gasteiger partial charge is 0.225 e. The molecular weight excluding hydrogens is 478 g/mol. The van der Waals surface area contributed by atoms with Gasteiger partial charge in [-0.3, -0.25) is 9.59 Å². The highest BCUT2D eigenvalue weighted by Gasteiger charge is 2.15.